The van der Waals surface area contributed by atoms with E-state index in [2.05, 4.69) is 9.97 Å². The third-order valence-corrected chi connectivity index (χ3v) is 1.46. The van der Waals surface area contributed by atoms with Crippen LogP contribution < -0.4 is 0 Å². The minimum Gasteiger partial charge on any atom is -0.241 e. The highest BCUT2D eigenvalue weighted by Gasteiger charge is 1.95. The van der Waals surface area contributed by atoms with Crippen molar-refractivity contribution in [3.8, 4) is 0 Å². The quantitative estimate of drug-likeness (QED) is 0.523. The third-order valence-electron chi connectivity index (χ3n) is 1.01. The van der Waals surface area contributed by atoms with E-state index in [1.165, 1.54) is 0 Å². The van der Waals surface area contributed by atoms with Crippen LogP contribution in [0.4, 0.5) is 0 Å². The first kappa shape index (κ1) is 10.8. The molecule has 11 heavy (non-hydrogen) atoms. The second-order valence-corrected chi connectivity index (χ2v) is 2.80. The molecule has 0 aliphatic heterocycles. The van der Waals surface area contributed by atoms with Crippen LogP contribution >= 0.6 is 36.2 Å². The van der Waals surface area contributed by atoms with Gasteiger partial charge >= 0.3 is 0 Å². The molecule has 0 saturated carbocycles. The van der Waals surface area contributed by atoms with E-state index in [-0.39, 0.29) is 12.4 Å². The summed E-state index contributed by atoms with van der Waals surface area (Å²) in [7, 11) is 0. The van der Waals surface area contributed by atoms with Crippen LogP contribution in [0.1, 0.15) is 11.4 Å². The standard InChI is InChI=1S/C6H5ClN2S.ClH/c1-4-8-2-5(3-9-4)6(7)10;/h2-3H,1H3;1H. The number of nitrogens with zero attached hydrogens (tertiary/aromatic N) is 2. The van der Waals surface area contributed by atoms with Gasteiger partial charge < -0.3 is 0 Å². The molecule has 0 radical (unpaired) electrons. The number of halogens is 2. The van der Waals surface area contributed by atoms with Gasteiger partial charge in [-0.15, -0.1) is 12.4 Å². The molecule has 0 atom stereocenters. The number of thiocarbonyl (C=S) groups is 1. The second kappa shape index (κ2) is 4.59. The van der Waals surface area contributed by atoms with E-state index in [0.717, 1.165) is 5.82 Å². The largest absolute Gasteiger partial charge is 0.241 e. The Balaban J connectivity index is 0.000001000. The maximum absolute atomic E-state index is 5.51. The lowest BCUT2D eigenvalue weighted by Crippen LogP contribution is -1.92. The molecule has 60 valence electrons. The summed E-state index contributed by atoms with van der Waals surface area (Å²) in [5.41, 5.74) is 0.697. The Bertz CT molecular complexity index is 247. The Kier molecular flexibility index (Phi) is 4.49. The smallest absolute Gasteiger partial charge is 0.125 e. The maximum atomic E-state index is 5.51. The molecule has 1 aromatic rings. The summed E-state index contributed by atoms with van der Waals surface area (Å²) in [4.78, 5) is 7.83. The zero-order valence-corrected chi connectivity index (χ0v) is 8.13. The van der Waals surface area contributed by atoms with Crippen LogP contribution in [0.5, 0.6) is 0 Å². The van der Waals surface area contributed by atoms with Gasteiger partial charge in [0.15, 0.2) is 0 Å². The van der Waals surface area contributed by atoms with Gasteiger partial charge in [-0.2, -0.15) is 0 Å². The van der Waals surface area contributed by atoms with Crippen LogP contribution in [0.25, 0.3) is 0 Å². The van der Waals surface area contributed by atoms with Gasteiger partial charge in [0, 0.05) is 18.0 Å². The Labute approximate surface area is 81.4 Å². The SMILES string of the molecule is Cc1ncc(C(=S)Cl)cn1.Cl. The summed E-state index contributed by atoms with van der Waals surface area (Å²) in [5.74, 6) is 0.719. The lowest BCUT2D eigenvalue weighted by atomic mass is 10.4. The van der Waals surface area contributed by atoms with Gasteiger partial charge in [0.2, 0.25) is 0 Å². The van der Waals surface area contributed by atoms with Crippen molar-refractivity contribution in [2.24, 2.45) is 0 Å². The normalized spacial score (nSPS) is 8.55. The molecule has 0 spiro atoms. The highest BCUT2D eigenvalue weighted by Crippen LogP contribution is 2.01. The van der Waals surface area contributed by atoms with Crippen molar-refractivity contribution < 1.29 is 0 Å². The fraction of sp³-hybridized carbons (Fsp3) is 0.167. The molecule has 1 aromatic heterocycles. The number of hydrogen-bond acceptors (Lipinski definition) is 3. The summed E-state index contributed by atoms with van der Waals surface area (Å²) >= 11 is 10.2. The maximum Gasteiger partial charge on any atom is 0.125 e. The van der Waals surface area contributed by atoms with E-state index < -0.39 is 0 Å². The minimum absolute atomic E-state index is 0. The Morgan fingerprint density at radius 1 is 1.45 bits per heavy atom. The molecule has 0 aromatic carbocycles. The zero-order chi connectivity index (χ0) is 7.56. The fourth-order valence-electron chi connectivity index (χ4n) is 0.494. The van der Waals surface area contributed by atoms with Gasteiger partial charge in [-0.3, -0.25) is 0 Å². The number of aryl methyl sites for hydroxylation is 1. The molecule has 0 unspecified atom stereocenters. The number of aromatic nitrogens is 2. The van der Waals surface area contributed by atoms with Crippen molar-refractivity contribution in [2.45, 2.75) is 6.92 Å². The van der Waals surface area contributed by atoms with Crippen LogP contribution in [0.2, 0.25) is 0 Å². The third kappa shape index (κ3) is 3.10. The first-order valence-corrected chi connectivity index (χ1v) is 3.47. The first-order valence-electron chi connectivity index (χ1n) is 2.68. The summed E-state index contributed by atoms with van der Waals surface area (Å²) < 4.78 is 0.306. The van der Waals surface area contributed by atoms with E-state index in [4.69, 9.17) is 23.8 Å². The average molecular weight is 209 g/mol. The molecule has 0 amide bonds. The molecule has 0 saturated heterocycles. The number of rotatable bonds is 1. The lowest BCUT2D eigenvalue weighted by molar-refractivity contribution is 1.05. The molecule has 0 aliphatic rings. The zero-order valence-electron chi connectivity index (χ0n) is 5.74. The van der Waals surface area contributed by atoms with Crippen LogP contribution in [-0.2, 0) is 0 Å². The fourth-order valence-corrected chi connectivity index (χ4v) is 0.697. The summed E-state index contributed by atoms with van der Waals surface area (Å²) in [5, 5.41) is 0. The summed E-state index contributed by atoms with van der Waals surface area (Å²) in [6.07, 6.45) is 3.22. The van der Waals surface area contributed by atoms with Gasteiger partial charge in [-0.25, -0.2) is 9.97 Å². The molecule has 0 fully saturated rings. The summed E-state index contributed by atoms with van der Waals surface area (Å²) in [6, 6.07) is 0. The van der Waals surface area contributed by atoms with Crippen molar-refractivity contribution >= 4 is 40.5 Å². The molecule has 5 heteroatoms. The Morgan fingerprint density at radius 2 is 1.91 bits per heavy atom. The van der Waals surface area contributed by atoms with Gasteiger partial charge in [0.25, 0.3) is 0 Å². The first-order chi connectivity index (χ1) is 4.70. The molecule has 1 rings (SSSR count). The molecule has 1 heterocycles. The monoisotopic (exact) mass is 208 g/mol. The second-order valence-electron chi connectivity index (χ2n) is 1.79. The van der Waals surface area contributed by atoms with Gasteiger partial charge in [0.05, 0.1) is 0 Å². The van der Waals surface area contributed by atoms with E-state index in [0.29, 0.717) is 9.89 Å². The van der Waals surface area contributed by atoms with Gasteiger partial charge in [-0.05, 0) is 6.92 Å². The molecular weight excluding hydrogens is 203 g/mol. The van der Waals surface area contributed by atoms with Crippen LogP contribution in [0.15, 0.2) is 12.4 Å². The molecule has 0 bridgehead atoms. The van der Waals surface area contributed by atoms with Crippen molar-refractivity contribution in [1.82, 2.24) is 9.97 Å². The van der Waals surface area contributed by atoms with Crippen molar-refractivity contribution in [1.29, 1.82) is 0 Å². The predicted molar refractivity (Wildman–Crippen MR) is 51.6 cm³/mol. The molecule has 2 nitrogen and oxygen atoms in total. The van der Waals surface area contributed by atoms with Gasteiger partial charge in [0.1, 0.15) is 10.1 Å². The van der Waals surface area contributed by atoms with Crippen molar-refractivity contribution in [3.63, 3.8) is 0 Å². The topological polar surface area (TPSA) is 25.8 Å². The van der Waals surface area contributed by atoms with Gasteiger partial charge in [-0.1, -0.05) is 23.8 Å². The van der Waals surface area contributed by atoms with Crippen LogP contribution in [-0.4, -0.2) is 14.3 Å². The Morgan fingerprint density at radius 3 is 2.27 bits per heavy atom. The predicted octanol–water partition coefficient (Wildman–Crippen LogP) is 2.12. The minimum atomic E-state index is 0. The van der Waals surface area contributed by atoms with Crippen molar-refractivity contribution in [2.75, 3.05) is 0 Å². The number of hydrogen-bond donors (Lipinski definition) is 0. The van der Waals surface area contributed by atoms with Crippen LogP contribution in [0, 0.1) is 6.92 Å². The van der Waals surface area contributed by atoms with Crippen molar-refractivity contribution in [3.05, 3.63) is 23.8 Å². The summed E-state index contributed by atoms with van der Waals surface area (Å²) in [6.45, 7) is 1.81. The van der Waals surface area contributed by atoms with Crippen LogP contribution in [0.3, 0.4) is 0 Å². The lowest BCUT2D eigenvalue weighted by Gasteiger charge is -1.93. The molecule has 0 aliphatic carbocycles. The van der Waals surface area contributed by atoms with E-state index in [9.17, 15) is 0 Å². The Hall–Kier alpha value is -0.250. The highest BCUT2D eigenvalue weighted by atomic mass is 35.5. The molecule has 0 N–H and O–H groups in total. The highest BCUT2D eigenvalue weighted by molar-refractivity contribution is 7.83. The average Bonchev–Trinajstić information content (AvgIpc) is 1.88. The van der Waals surface area contributed by atoms with E-state index >= 15 is 0 Å². The van der Waals surface area contributed by atoms with E-state index in [1.54, 1.807) is 19.3 Å². The van der Waals surface area contributed by atoms with E-state index in [1.807, 2.05) is 0 Å². The molecular formula is C6H6Cl2N2S.